The van der Waals surface area contributed by atoms with Gasteiger partial charge in [-0.05, 0) is 56.9 Å². The third-order valence-corrected chi connectivity index (χ3v) is 6.66. The molecule has 1 amide bonds. The number of hydrogen-bond donors (Lipinski definition) is 2. The molecule has 0 spiro atoms. The minimum Gasteiger partial charge on any atom is -0.507 e. The van der Waals surface area contributed by atoms with Crippen molar-refractivity contribution in [2.45, 2.75) is 64.2 Å². The Kier molecular flexibility index (Phi) is 9.67. The lowest BCUT2D eigenvalue weighted by atomic mass is 9.96. The summed E-state index contributed by atoms with van der Waals surface area (Å²) in [6.45, 7) is 6.65. The molecule has 0 unspecified atom stereocenters. The quantitative estimate of drug-likeness (QED) is 0.446. The van der Waals surface area contributed by atoms with Gasteiger partial charge < -0.3 is 20.5 Å². The smallest absolute Gasteiger partial charge is 0.224 e. The van der Waals surface area contributed by atoms with Crippen LogP contribution in [-0.4, -0.2) is 47.9 Å². The Morgan fingerprint density at radius 1 is 1.18 bits per heavy atom. The first kappa shape index (κ1) is 25.2. The number of aromatic hydroxyl groups is 1. The van der Waals surface area contributed by atoms with Crippen LogP contribution in [0.5, 0.6) is 5.75 Å². The van der Waals surface area contributed by atoms with E-state index in [1.807, 2.05) is 4.90 Å². The molecular formula is C26H36ClN3O3. The van der Waals surface area contributed by atoms with Gasteiger partial charge in [-0.2, -0.15) is 0 Å². The van der Waals surface area contributed by atoms with E-state index in [0.717, 1.165) is 63.7 Å². The van der Waals surface area contributed by atoms with Gasteiger partial charge in [-0.1, -0.05) is 30.3 Å². The van der Waals surface area contributed by atoms with E-state index < -0.39 is 0 Å². The van der Waals surface area contributed by atoms with Gasteiger partial charge in [0, 0.05) is 44.3 Å². The molecule has 1 saturated heterocycles. The fraction of sp³-hybridized carbons (Fsp3) is 0.538. The molecule has 0 aromatic heterocycles. The molecule has 7 heteroatoms. The van der Waals surface area contributed by atoms with Crippen molar-refractivity contribution >= 4 is 34.7 Å². The summed E-state index contributed by atoms with van der Waals surface area (Å²) >= 11 is 6.59. The van der Waals surface area contributed by atoms with Crippen LogP contribution >= 0.6 is 11.6 Å². The number of aliphatic imine (C=N–C) groups is 1. The molecule has 180 valence electrons. The van der Waals surface area contributed by atoms with Crippen LogP contribution in [-0.2, 0) is 16.0 Å². The predicted molar refractivity (Wildman–Crippen MR) is 136 cm³/mol. The van der Waals surface area contributed by atoms with Gasteiger partial charge in [0.25, 0.3) is 0 Å². The van der Waals surface area contributed by atoms with Crippen molar-refractivity contribution in [3.63, 3.8) is 0 Å². The van der Waals surface area contributed by atoms with E-state index >= 15 is 0 Å². The number of rotatable bonds is 3. The van der Waals surface area contributed by atoms with E-state index in [9.17, 15) is 9.90 Å². The zero-order chi connectivity index (χ0) is 23.6. The molecule has 2 aliphatic heterocycles. The summed E-state index contributed by atoms with van der Waals surface area (Å²) in [5, 5.41) is 11.0. The number of nitrogens with two attached hydrogens (primary N) is 1. The zero-order valence-corrected chi connectivity index (χ0v) is 20.2. The number of anilines is 1. The van der Waals surface area contributed by atoms with Crippen molar-refractivity contribution in [3.05, 3.63) is 40.9 Å². The number of carbonyl (C=O) groups is 1. The molecule has 0 saturated carbocycles. The number of amides is 1. The molecule has 1 fully saturated rings. The van der Waals surface area contributed by atoms with Gasteiger partial charge in [-0.15, -0.1) is 0 Å². The van der Waals surface area contributed by atoms with Crippen molar-refractivity contribution in [1.82, 2.24) is 4.90 Å². The summed E-state index contributed by atoms with van der Waals surface area (Å²) in [7, 11) is 0. The van der Waals surface area contributed by atoms with Gasteiger partial charge in [-0.3, -0.25) is 9.79 Å². The summed E-state index contributed by atoms with van der Waals surface area (Å²) < 4.78 is 5.81. The highest BCUT2D eigenvalue weighted by atomic mass is 35.5. The Balaban J connectivity index is 1.82. The monoisotopic (exact) mass is 473 g/mol. The fourth-order valence-electron chi connectivity index (χ4n) is 4.39. The number of benzene rings is 1. The second-order valence-corrected chi connectivity index (χ2v) is 9.12. The lowest BCUT2D eigenvalue weighted by molar-refractivity contribution is -0.131. The van der Waals surface area contributed by atoms with Crippen LogP contribution < -0.4 is 5.73 Å². The molecule has 3 N–H and O–H groups in total. The maximum atomic E-state index is 12.6. The lowest BCUT2D eigenvalue weighted by Gasteiger charge is -2.26. The molecule has 3 rings (SSSR count). The lowest BCUT2D eigenvalue weighted by Crippen LogP contribution is -2.35. The summed E-state index contributed by atoms with van der Waals surface area (Å²) in [4.78, 5) is 19.3. The van der Waals surface area contributed by atoms with Crippen LogP contribution in [0.15, 0.2) is 29.8 Å². The Hall–Kier alpha value is -2.47. The average Bonchev–Trinajstić information content (AvgIpc) is 2.80. The number of nitrogen functional groups attached to an aromatic ring is 1. The van der Waals surface area contributed by atoms with E-state index in [1.165, 1.54) is 12.5 Å². The number of phenolic OH excluding ortho intramolecular Hbond substituents is 1. The minimum atomic E-state index is -0.000775. The maximum absolute atomic E-state index is 12.6. The van der Waals surface area contributed by atoms with E-state index in [2.05, 4.69) is 18.7 Å². The molecule has 0 atom stereocenters. The molecule has 0 bridgehead atoms. The molecule has 2 aliphatic rings. The van der Waals surface area contributed by atoms with Crippen molar-refractivity contribution in [3.8, 4) is 5.75 Å². The number of fused-ring (bicyclic) bond motifs is 1. The van der Waals surface area contributed by atoms with Crippen LogP contribution in [0.3, 0.4) is 0 Å². The number of allylic oxidation sites excluding steroid dienone is 1. The molecule has 6 nitrogen and oxygen atoms in total. The molecule has 1 aromatic rings. The average molecular weight is 474 g/mol. The molecule has 2 heterocycles. The standard InChI is InChI=1S/C26H36ClN3O3/c1-19-25-21(26(27)22(28)18-23(25)31)17-20(11-7-4-2-3-5-10-16-33-19)29-13-12-24(32)30-14-8-6-9-15-30/h3,5,18,31H,1-2,4,6-17,28H2/b5-3+,29-20?. The van der Waals surface area contributed by atoms with E-state index in [1.54, 1.807) is 0 Å². The zero-order valence-electron chi connectivity index (χ0n) is 19.5. The largest absolute Gasteiger partial charge is 0.507 e. The number of likely N-dealkylation sites (tertiary alicyclic amines) is 1. The Morgan fingerprint density at radius 2 is 1.94 bits per heavy atom. The van der Waals surface area contributed by atoms with Gasteiger partial charge in [0.1, 0.15) is 11.5 Å². The topological polar surface area (TPSA) is 88.2 Å². The molecule has 0 radical (unpaired) electrons. The Morgan fingerprint density at radius 3 is 2.73 bits per heavy atom. The van der Waals surface area contributed by atoms with E-state index in [4.69, 9.17) is 27.1 Å². The first-order valence-electron chi connectivity index (χ1n) is 12.0. The summed E-state index contributed by atoms with van der Waals surface area (Å²) in [6, 6.07) is 1.44. The van der Waals surface area contributed by atoms with Crippen molar-refractivity contribution in [1.29, 1.82) is 0 Å². The number of nitrogens with zero attached hydrogens (tertiary/aromatic N) is 2. The molecule has 33 heavy (non-hydrogen) atoms. The van der Waals surface area contributed by atoms with Gasteiger partial charge >= 0.3 is 0 Å². The van der Waals surface area contributed by atoms with Gasteiger partial charge in [-0.25, -0.2) is 0 Å². The van der Waals surface area contributed by atoms with Crippen LogP contribution in [0.1, 0.15) is 68.9 Å². The van der Waals surface area contributed by atoms with Crippen molar-refractivity contribution in [2.75, 3.05) is 32.0 Å². The SMILES string of the molecule is C=C1OCC/C=C/CCCCC(=NCCC(=O)N2CCCCC2)Cc2c(Cl)c(N)cc(O)c21. The normalized spacial score (nSPS) is 20.6. The summed E-state index contributed by atoms with van der Waals surface area (Å²) in [5.74, 6) is 0.542. The minimum absolute atomic E-state index is 0.000775. The molecule has 1 aromatic carbocycles. The van der Waals surface area contributed by atoms with Crippen molar-refractivity contribution in [2.24, 2.45) is 4.99 Å². The summed E-state index contributed by atoms with van der Waals surface area (Å²) in [6.07, 6.45) is 13.1. The number of piperidine rings is 1. The van der Waals surface area contributed by atoms with Crippen LogP contribution in [0.2, 0.25) is 5.02 Å². The van der Waals surface area contributed by atoms with Crippen LogP contribution in [0.25, 0.3) is 5.76 Å². The first-order chi connectivity index (χ1) is 16.0. The highest BCUT2D eigenvalue weighted by molar-refractivity contribution is 6.34. The van der Waals surface area contributed by atoms with Crippen LogP contribution in [0, 0.1) is 0 Å². The van der Waals surface area contributed by atoms with E-state index in [-0.39, 0.29) is 11.7 Å². The number of carbonyl (C=O) groups excluding carboxylic acids is 1. The first-order valence-corrected chi connectivity index (χ1v) is 12.4. The Labute approximate surface area is 202 Å². The Bertz CT molecular complexity index is 905. The van der Waals surface area contributed by atoms with Gasteiger partial charge in [0.05, 0.1) is 22.9 Å². The number of halogens is 1. The van der Waals surface area contributed by atoms with Gasteiger partial charge in [0.15, 0.2) is 0 Å². The number of hydrogen-bond acceptors (Lipinski definition) is 5. The fourth-order valence-corrected chi connectivity index (χ4v) is 4.60. The predicted octanol–water partition coefficient (Wildman–Crippen LogP) is 5.52. The highest BCUT2D eigenvalue weighted by Crippen LogP contribution is 2.38. The summed E-state index contributed by atoms with van der Waals surface area (Å²) in [5.41, 5.74) is 8.47. The maximum Gasteiger partial charge on any atom is 0.224 e. The van der Waals surface area contributed by atoms with Gasteiger partial charge in [0.2, 0.25) is 5.91 Å². The molecular weight excluding hydrogens is 438 g/mol. The number of ether oxygens (including phenoxy) is 1. The molecule has 0 aliphatic carbocycles. The second kappa shape index (κ2) is 12.7. The third kappa shape index (κ3) is 7.26. The second-order valence-electron chi connectivity index (χ2n) is 8.75. The number of phenols is 1. The van der Waals surface area contributed by atoms with Crippen LogP contribution in [0.4, 0.5) is 5.69 Å². The van der Waals surface area contributed by atoms with Crippen molar-refractivity contribution < 1.29 is 14.6 Å². The third-order valence-electron chi connectivity index (χ3n) is 6.21. The highest BCUT2D eigenvalue weighted by Gasteiger charge is 2.21. The van der Waals surface area contributed by atoms with E-state index in [0.29, 0.717) is 53.6 Å².